The summed E-state index contributed by atoms with van der Waals surface area (Å²) in [7, 11) is -3.85. The van der Waals surface area contributed by atoms with Gasteiger partial charge in [-0.05, 0) is 30.1 Å². The van der Waals surface area contributed by atoms with Gasteiger partial charge >= 0.3 is 7.68 Å². The Balaban J connectivity index is 2.72. The van der Waals surface area contributed by atoms with Crippen LogP contribution in [0.15, 0.2) is 0 Å². The molecule has 1 atom stereocenters. The molecule has 96 valence electrons. The Labute approximate surface area is 98.5 Å². The van der Waals surface area contributed by atoms with Crippen LogP contribution in [0.25, 0.3) is 0 Å². The van der Waals surface area contributed by atoms with Crippen LogP contribution in [0.3, 0.4) is 0 Å². The maximum absolute atomic E-state index is 13.4. The van der Waals surface area contributed by atoms with E-state index in [0.29, 0.717) is 0 Å². The Morgan fingerprint density at radius 3 is 2.06 bits per heavy atom. The molecule has 1 unspecified atom stereocenters. The van der Waals surface area contributed by atoms with E-state index in [1.54, 1.807) is 6.92 Å². The molecule has 0 radical (unpaired) electrons. The molecule has 0 N–H and O–H groups in total. The summed E-state index contributed by atoms with van der Waals surface area (Å²) in [5, 5.41) is 0. The summed E-state index contributed by atoms with van der Waals surface area (Å²) in [6, 6.07) is 0. The molecule has 0 aliphatic heterocycles. The molecule has 0 aromatic carbocycles. The van der Waals surface area contributed by atoms with Gasteiger partial charge in [0.2, 0.25) is 0 Å². The van der Waals surface area contributed by atoms with Gasteiger partial charge in [0.25, 0.3) is 0 Å². The normalized spacial score (nSPS) is 28.6. The topological polar surface area (TPSA) is 26.3 Å². The lowest BCUT2D eigenvalue weighted by atomic mass is 9.64. The van der Waals surface area contributed by atoms with Crippen molar-refractivity contribution >= 4 is 7.68 Å². The predicted octanol–water partition coefficient (Wildman–Crippen LogP) is 4.79. The molecule has 2 nitrogen and oxygen atoms in total. The Morgan fingerprint density at radius 1 is 1.25 bits per heavy atom. The highest BCUT2D eigenvalue weighted by molar-refractivity contribution is 7.53. The fourth-order valence-electron chi connectivity index (χ4n) is 3.12. The van der Waals surface area contributed by atoms with Crippen LogP contribution in [0, 0.1) is 10.8 Å². The predicted molar refractivity (Wildman–Crippen MR) is 65.5 cm³/mol. The van der Waals surface area contributed by atoms with E-state index in [-0.39, 0.29) is 23.1 Å². The molecule has 16 heavy (non-hydrogen) atoms. The van der Waals surface area contributed by atoms with Gasteiger partial charge in [-0.1, -0.05) is 34.6 Å². The van der Waals surface area contributed by atoms with Crippen LogP contribution in [-0.4, -0.2) is 12.3 Å². The maximum Gasteiger partial charge on any atom is 0.367 e. The molecule has 0 aromatic rings. The van der Waals surface area contributed by atoms with Crippen molar-refractivity contribution in [2.24, 2.45) is 10.8 Å². The molecule has 0 aromatic heterocycles. The van der Waals surface area contributed by atoms with Crippen molar-refractivity contribution in [1.29, 1.82) is 0 Å². The maximum atomic E-state index is 13.4. The van der Waals surface area contributed by atoms with Crippen molar-refractivity contribution in [1.82, 2.24) is 0 Å². The van der Waals surface area contributed by atoms with Crippen LogP contribution >= 0.6 is 7.68 Å². The zero-order valence-electron chi connectivity index (χ0n) is 11.0. The molecule has 0 saturated heterocycles. The average Bonchev–Trinajstić information content (AvgIpc) is 1.96. The van der Waals surface area contributed by atoms with Gasteiger partial charge in [-0.2, -0.15) is 4.20 Å². The molecule has 1 aliphatic rings. The van der Waals surface area contributed by atoms with E-state index in [9.17, 15) is 8.76 Å². The fourth-order valence-corrected chi connectivity index (χ4v) is 3.86. The van der Waals surface area contributed by atoms with Crippen molar-refractivity contribution in [2.75, 3.05) is 6.16 Å². The zero-order chi connectivity index (χ0) is 12.6. The average molecular weight is 250 g/mol. The molecule has 0 heterocycles. The van der Waals surface area contributed by atoms with Crippen molar-refractivity contribution in [3.05, 3.63) is 0 Å². The first-order valence-corrected chi connectivity index (χ1v) is 7.72. The lowest BCUT2D eigenvalue weighted by molar-refractivity contribution is 0.0115. The summed E-state index contributed by atoms with van der Waals surface area (Å²) in [5.41, 5.74) is 0.278. The SMILES string of the molecule is CCP(=O)(F)OC1CC(C)(C)CC(C)(C)C1. The largest absolute Gasteiger partial charge is 0.367 e. The van der Waals surface area contributed by atoms with Crippen LogP contribution in [-0.2, 0) is 9.09 Å². The second-order valence-electron chi connectivity index (χ2n) is 6.55. The Bertz CT molecular complexity index is 283. The molecular formula is C12H24FO2P. The van der Waals surface area contributed by atoms with Crippen LogP contribution in [0.4, 0.5) is 4.20 Å². The standard InChI is InChI=1S/C12H24FO2P/c1-6-16(13,14)15-10-7-11(2,3)9-12(4,5)8-10/h10H,6-9H2,1-5H3. The van der Waals surface area contributed by atoms with Crippen LogP contribution < -0.4 is 0 Å². The highest BCUT2D eigenvalue weighted by atomic mass is 31.2. The van der Waals surface area contributed by atoms with Gasteiger partial charge in [0.05, 0.1) is 12.3 Å². The van der Waals surface area contributed by atoms with E-state index in [2.05, 4.69) is 27.7 Å². The Morgan fingerprint density at radius 2 is 1.69 bits per heavy atom. The summed E-state index contributed by atoms with van der Waals surface area (Å²) in [6.45, 7) is 10.2. The van der Waals surface area contributed by atoms with E-state index in [1.165, 1.54) is 0 Å². The lowest BCUT2D eigenvalue weighted by Crippen LogP contribution is -2.37. The molecule has 1 saturated carbocycles. The van der Waals surface area contributed by atoms with Crippen LogP contribution in [0.5, 0.6) is 0 Å². The minimum Gasteiger partial charge on any atom is -0.302 e. The molecule has 4 heteroatoms. The molecule has 0 bridgehead atoms. The molecule has 1 aliphatic carbocycles. The highest BCUT2D eigenvalue weighted by Gasteiger charge is 2.41. The fraction of sp³-hybridized carbons (Fsp3) is 1.00. The summed E-state index contributed by atoms with van der Waals surface area (Å²) in [6.07, 6.45) is 2.47. The summed E-state index contributed by atoms with van der Waals surface area (Å²) < 4.78 is 30.0. The summed E-state index contributed by atoms with van der Waals surface area (Å²) in [5.74, 6) is 0. The minimum absolute atomic E-state index is 0.0235. The lowest BCUT2D eigenvalue weighted by Gasteiger charge is -2.44. The first-order chi connectivity index (χ1) is 7.05. The second kappa shape index (κ2) is 4.42. The van der Waals surface area contributed by atoms with Gasteiger partial charge in [0.1, 0.15) is 0 Å². The van der Waals surface area contributed by atoms with Gasteiger partial charge in [-0.15, -0.1) is 0 Å². The summed E-state index contributed by atoms with van der Waals surface area (Å²) >= 11 is 0. The van der Waals surface area contributed by atoms with E-state index in [0.717, 1.165) is 19.3 Å². The van der Waals surface area contributed by atoms with Gasteiger partial charge < -0.3 is 4.52 Å². The van der Waals surface area contributed by atoms with E-state index in [1.807, 2.05) is 0 Å². The minimum atomic E-state index is -3.85. The smallest absolute Gasteiger partial charge is 0.302 e. The highest BCUT2D eigenvalue weighted by Crippen LogP contribution is 2.55. The monoisotopic (exact) mass is 250 g/mol. The number of halogens is 1. The van der Waals surface area contributed by atoms with Crippen LogP contribution in [0.2, 0.25) is 0 Å². The third-order valence-corrected chi connectivity index (χ3v) is 4.57. The van der Waals surface area contributed by atoms with Crippen LogP contribution in [0.1, 0.15) is 53.9 Å². The van der Waals surface area contributed by atoms with Crippen molar-refractivity contribution < 1.29 is 13.3 Å². The number of hydrogen-bond acceptors (Lipinski definition) is 2. The van der Waals surface area contributed by atoms with Crippen molar-refractivity contribution in [2.45, 2.75) is 60.0 Å². The molecule has 0 spiro atoms. The third-order valence-electron chi connectivity index (χ3n) is 3.20. The Kier molecular flexibility index (Phi) is 3.92. The first-order valence-electron chi connectivity index (χ1n) is 6.02. The van der Waals surface area contributed by atoms with E-state index >= 15 is 0 Å². The molecule has 1 rings (SSSR count). The van der Waals surface area contributed by atoms with Gasteiger partial charge in [-0.25, -0.2) is 0 Å². The van der Waals surface area contributed by atoms with Gasteiger partial charge in [0, 0.05) is 0 Å². The quantitative estimate of drug-likeness (QED) is 0.673. The number of hydrogen-bond donors (Lipinski definition) is 0. The number of rotatable bonds is 3. The third kappa shape index (κ3) is 4.18. The second-order valence-corrected chi connectivity index (χ2v) is 8.57. The van der Waals surface area contributed by atoms with Crippen molar-refractivity contribution in [3.8, 4) is 0 Å². The molecular weight excluding hydrogens is 226 g/mol. The zero-order valence-corrected chi connectivity index (χ0v) is 11.9. The van der Waals surface area contributed by atoms with Crippen molar-refractivity contribution in [3.63, 3.8) is 0 Å². The van der Waals surface area contributed by atoms with Gasteiger partial charge in [0.15, 0.2) is 0 Å². The molecule has 1 fully saturated rings. The van der Waals surface area contributed by atoms with E-state index in [4.69, 9.17) is 4.52 Å². The Hall–Kier alpha value is 0.120. The summed E-state index contributed by atoms with van der Waals surface area (Å²) in [4.78, 5) is 0. The van der Waals surface area contributed by atoms with Gasteiger partial charge in [-0.3, -0.25) is 4.57 Å². The molecule has 0 amide bonds. The first kappa shape index (κ1) is 14.2. The van der Waals surface area contributed by atoms with E-state index < -0.39 is 7.68 Å².